The number of nitrogens with one attached hydrogen (secondary N) is 1. The molecule has 26 heavy (non-hydrogen) atoms. The largest absolute Gasteiger partial charge is 0.369 e. The Morgan fingerprint density at radius 3 is 2.38 bits per heavy atom. The minimum absolute atomic E-state index is 0.228. The van der Waals surface area contributed by atoms with Gasteiger partial charge in [-0.25, -0.2) is 17.5 Å². The predicted octanol–water partition coefficient (Wildman–Crippen LogP) is 2.23. The maximum atomic E-state index is 13.0. The number of hydrogen-bond donors (Lipinski definition) is 1. The molecule has 3 rings (SSSR count). The lowest BCUT2D eigenvalue weighted by Gasteiger charge is -2.36. The standard InChI is InChI=1S/C19H24FN3O2S/c1-16-3-2-4-19(15-16)26(24,25)21-9-10-22-11-13-23(14-12-22)18-7-5-17(20)6-8-18/h2-8,15,21H,9-14H2,1H3. The highest BCUT2D eigenvalue weighted by Gasteiger charge is 2.18. The third kappa shape index (κ3) is 4.81. The molecule has 2 aromatic carbocycles. The summed E-state index contributed by atoms with van der Waals surface area (Å²) in [6, 6.07) is 13.4. The Bertz CT molecular complexity index is 832. The van der Waals surface area contributed by atoms with Gasteiger partial charge in [-0.3, -0.25) is 4.90 Å². The average molecular weight is 377 g/mol. The average Bonchev–Trinajstić information content (AvgIpc) is 2.63. The third-order valence-electron chi connectivity index (χ3n) is 4.58. The molecular formula is C19H24FN3O2S. The van der Waals surface area contributed by atoms with E-state index < -0.39 is 10.0 Å². The van der Waals surface area contributed by atoms with E-state index >= 15 is 0 Å². The lowest BCUT2D eigenvalue weighted by Crippen LogP contribution is -2.48. The first-order chi connectivity index (χ1) is 12.4. The van der Waals surface area contributed by atoms with E-state index in [4.69, 9.17) is 0 Å². The second-order valence-electron chi connectivity index (χ2n) is 6.52. The molecule has 0 saturated carbocycles. The van der Waals surface area contributed by atoms with Crippen LogP contribution < -0.4 is 9.62 Å². The van der Waals surface area contributed by atoms with Crippen LogP contribution >= 0.6 is 0 Å². The second-order valence-corrected chi connectivity index (χ2v) is 8.29. The quantitative estimate of drug-likeness (QED) is 0.839. The number of anilines is 1. The van der Waals surface area contributed by atoms with Crippen molar-refractivity contribution in [2.24, 2.45) is 0 Å². The Balaban J connectivity index is 1.46. The van der Waals surface area contributed by atoms with Gasteiger partial charge in [0, 0.05) is 45.0 Å². The predicted molar refractivity (Wildman–Crippen MR) is 101 cm³/mol. The molecule has 1 fully saturated rings. The molecule has 0 amide bonds. The number of piperazine rings is 1. The van der Waals surface area contributed by atoms with Crippen LogP contribution in [0.15, 0.2) is 53.4 Å². The first kappa shape index (κ1) is 18.8. The maximum absolute atomic E-state index is 13.0. The van der Waals surface area contributed by atoms with Gasteiger partial charge in [0.25, 0.3) is 0 Å². The fourth-order valence-corrected chi connectivity index (χ4v) is 4.21. The molecule has 1 heterocycles. The van der Waals surface area contributed by atoms with Crippen molar-refractivity contribution in [1.29, 1.82) is 0 Å². The molecule has 1 N–H and O–H groups in total. The van der Waals surface area contributed by atoms with Crippen molar-refractivity contribution in [3.05, 3.63) is 59.9 Å². The van der Waals surface area contributed by atoms with E-state index in [0.29, 0.717) is 18.0 Å². The third-order valence-corrected chi connectivity index (χ3v) is 6.04. The van der Waals surface area contributed by atoms with Crippen LogP contribution in [-0.4, -0.2) is 52.6 Å². The molecular weight excluding hydrogens is 353 g/mol. The van der Waals surface area contributed by atoms with Crippen molar-refractivity contribution >= 4 is 15.7 Å². The molecule has 1 aliphatic heterocycles. The van der Waals surface area contributed by atoms with Gasteiger partial charge in [0.05, 0.1) is 4.90 Å². The van der Waals surface area contributed by atoms with Gasteiger partial charge in [-0.2, -0.15) is 0 Å². The number of nitrogens with zero attached hydrogens (tertiary/aromatic N) is 2. The number of aryl methyl sites for hydroxylation is 1. The molecule has 1 saturated heterocycles. The summed E-state index contributed by atoms with van der Waals surface area (Å²) in [7, 11) is -3.46. The van der Waals surface area contributed by atoms with E-state index in [1.807, 2.05) is 13.0 Å². The second kappa shape index (κ2) is 8.16. The van der Waals surface area contributed by atoms with Crippen molar-refractivity contribution in [3.8, 4) is 0 Å². The van der Waals surface area contributed by atoms with E-state index in [9.17, 15) is 12.8 Å². The van der Waals surface area contributed by atoms with Gasteiger partial charge >= 0.3 is 0 Å². The van der Waals surface area contributed by atoms with E-state index in [1.165, 1.54) is 12.1 Å². The van der Waals surface area contributed by atoms with Gasteiger partial charge in [0.1, 0.15) is 5.82 Å². The summed E-state index contributed by atoms with van der Waals surface area (Å²) < 4.78 is 40.3. The van der Waals surface area contributed by atoms with Crippen LogP contribution in [0.2, 0.25) is 0 Å². The molecule has 140 valence electrons. The minimum atomic E-state index is -3.46. The van der Waals surface area contributed by atoms with Gasteiger partial charge in [-0.15, -0.1) is 0 Å². The van der Waals surface area contributed by atoms with E-state index in [0.717, 1.165) is 37.4 Å². The van der Waals surface area contributed by atoms with E-state index in [2.05, 4.69) is 14.5 Å². The Morgan fingerprint density at radius 1 is 1.04 bits per heavy atom. The molecule has 0 unspecified atom stereocenters. The number of benzene rings is 2. The van der Waals surface area contributed by atoms with Crippen LogP contribution in [0, 0.1) is 12.7 Å². The van der Waals surface area contributed by atoms with Crippen molar-refractivity contribution in [1.82, 2.24) is 9.62 Å². The number of sulfonamides is 1. The summed E-state index contributed by atoms with van der Waals surface area (Å²) >= 11 is 0. The maximum Gasteiger partial charge on any atom is 0.240 e. The monoisotopic (exact) mass is 377 g/mol. The van der Waals surface area contributed by atoms with Gasteiger partial charge in [0.15, 0.2) is 0 Å². The Labute approximate surface area is 154 Å². The van der Waals surface area contributed by atoms with Crippen molar-refractivity contribution in [2.45, 2.75) is 11.8 Å². The van der Waals surface area contributed by atoms with Crippen LogP contribution in [0.25, 0.3) is 0 Å². The van der Waals surface area contributed by atoms with E-state index in [-0.39, 0.29) is 5.82 Å². The fourth-order valence-electron chi connectivity index (χ4n) is 3.09. The summed E-state index contributed by atoms with van der Waals surface area (Å²) in [6.45, 7) is 6.31. The zero-order valence-electron chi connectivity index (χ0n) is 14.9. The van der Waals surface area contributed by atoms with Gasteiger partial charge in [-0.1, -0.05) is 12.1 Å². The highest BCUT2D eigenvalue weighted by Crippen LogP contribution is 2.17. The molecule has 0 spiro atoms. The first-order valence-electron chi connectivity index (χ1n) is 8.73. The minimum Gasteiger partial charge on any atom is -0.369 e. The van der Waals surface area contributed by atoms with Crippen LogP contribution in [0.5, 0.6) is 0 Å². The molecule has 0 radical (unpaired) electrons. The number of rotatable bonds is 6. The molecule has 5 nitrogen and oxygen atoms in total. The van der Waals surface area contributed by atoms with E-state index in [1.54, 1.807) is 30.3 Å². The molecule has 2 aromatic rings. The Kier molecular flexibility index (Phi) is 5.90. The van der Waals surface area contributed by atoms with Crippen LogP contribution in [0.1, 0.15) is 5.56 Å². The first-order valence-corrected chi connectivity index (χ1v) is 10.2. The van der Waals surface area contributed by atoms with Crippen molar-refractivity contribution in [2.75, 3.05) is 44.2 Å². The molecule has 0 aliphatic carbocycles. The SMILES string of the molecule is Cc1cccc(S(=O)(=O)NCCN2CCN(c3ccc(F)cc3)CC2)c1. The summed E-state index contributed by atoms with van der Waals surface area (Å²) in [5.74, 6) is -0.228. The van der Waals surface area contributed by atoms with Crippen LogP contribution in [0.3, 0.4) is 0 Å². The highest BCUT2D eigenvalue weighted by atomic mass is 32.2. The molecule has 1 aliphatic rings. The van der Waals surface area contributed by atoms with Crippen LogP contribution in [0.4, 0.5) is 10.1 Å². The number of halogens is 1. The van der Waals surface area contributed by atoms with Crippen molar-refractivity contribution in [3.63, 3.8) is 0 Å². The smallest absolute Gasteiger partial charge is 0.240 e. The van der Waals surface area contributed by atoms with Gasteiger partial charge in [0.2, 0.25) is 10.0 Å². The summed E-state index contributed by atoms with van der Waals surface area (Å²) in [5, 5.41) is 0. The summed E-state index contributed by atoms with van der Waals surface area (Å²) in [4.78, 5) is 4.75. The topological polar surface area (TPSA) is 52.7 Å². The lowest BCUT2D eigenvalue weighted by molar-refractivity contribution is 0.262. The molecule has 0 aromatic heterocycles. The summed E-state index contributed by atoms with van der Waals surface area (Å²) in [6.07, 6.45) is 0. The van der Waals surface area contributed by atoms with Gasteiger partial charge < -0.3 is 4.90 Å². The Morgan fingerprint density at radius 2 is 1.73 bits per heavy atom. The zero-order valence-corrected chi connectivity index (χ0v) is 15.7. The van der Waals surface area contributed by atoms with Crippen molar-refractivity contribution < 1.29 is 12.8 Å². The Hall–Kier alpha value is -1.96. The van der Waals surface area contributed by atoms with Gasteiger partial charge in [-0.05, 0) is 48.9 Å². The highest BCUT2D eigenvalue weighted by molar-refractivity contribution is 7.89. The molecule has 0 bridgehead atoms. The lowest BCUT2D eigenvalue weighted by atomic mass is 10.2. The number of hydrogen-bond acceptors (Lipinski definition) is 4. The van der Waals surface area contributed by atoms with Crippen LogP contribution in [-0.2, 0) is 10.0 Å². The molecule has 7 heteroatoms. The fraction of sp³-hybridized carbons (Fsp3) is 0.368. The molecule has 0 atom stereocenters. The zero-order chi connectivity index (χ0) is 18.6. The summed E-state index contributed by atoms with van der Waals surface area (Å²) in [5.41, 5.74) is 1.94. The normalized spacial score (nSPS) is 16.0.